The Morgan fingerprint density at radius 1 is 1.29 bits per heavy atom. The topological polar surface area (TPSA) is 48.5 Å². The molecule has 1 aromatic carbocycles. The average molecular weight is 348 g/mol. The summed E-state index contributed by atoms with van der Waals surface area (Å²) in [6.45, 7) is 5.39. The van der Waals surface area contributed by atoms with Gasteiger partial charge in [-0.25, -0.2) is 9.37 Å². The summed E-state index contributed by atoms with van der Waals surface area (Å²) in [5.74, 6) is 0.289. The summed E-state index contributed by atoms with van der Waals surface area (Å²) in [6, 6.07) is 4.75. The molecule has 2 aromatic rings. The normalized spacial score (nSPS) is 19.0. The first kappa shape index (κ1) is 15.8. The van der Waals surface area contributed by atoms with Crippen LogP contribution in [-0.2, 0) is 4.79 Å². The van der Waals surface area contributed by atoms with Gasteiger partial charge in [0.1, 0.15) is 5.82 Å². The third-order valence-electron chi connectivity index (χ3n) is 4.66. The van der Waals surface area contributed by atoms with E-state index in [-0.39, 0.29) is 17.6 Å². The maximum absolute atomic E-state index is 13.3. The molecule has 0 unspecified atom stereocenters. The number of benzene rings is 1. The molecule has 1 saturated heterocycles. The predicted molar refractivity (Wildman–Crippen MR) is 94.0 cm³/mol. The molecule has 0 bridgehead atoms. The van der Waals surface area contributed by atoms with Crippen molar-refractivity contribution in [2.24, 2.45) is 5.92 Å². The van der Waals surface area contributed by atoms with Gasteiger partial charge in [-0.05, 0) is 31.0 Å². The van der Waals surface area contributed by atoms with Gasteiger partial charge in [0, 0.05) is 45.2 Å². The molecule has 0 atom stereocenters. The highest BCUT2D eigenvalue weighted by atomic mass is 32.1. The van der Waals surface area contributed by atoms with Crippen molar-refractivity contribution in [3.63, 3.8) is 0 Å². The minimum Gasteiger partial charge on any atom is -0.355 e. The Hall–Kier alpha value is -1.73. The zero-order chi connectivity index (χ0) is 16.5. The summed E-state index contributed by atoms with van der Waals surface area (Å²) in [7, 11) is 0. The SMILES string of the molecule is O=C(NCCN1CCN(c2nc3ccc(F)cc3s2)CC1)C1CC1. The van der Waals surface area contributed by atoms with Crippen molar-refractivity contribution in [3.8, 4) is 0 Å². The van der Waals surface area contributed by atoms with Crippen LogP contribution in [0.2, 0.25) is 0 Å². The van der Waals surface area contributed by atoms with Gasteiger partial charge in [-0.2, -0.15) is 0 Å². The standard InChI is InChI=1S/C17H21FN4OS/c18-13-3-4-14-15(11-13)24-17(20-14)22-9-7-21(8-10-22)6-5-19-16(23)12-1-2-12/h3-4,11-12H,1-2,5-10H2,(H,19,23). The number of nitrogens with zero attached hydrogens (tertiary/aromatic N) is 3. The number of aromatic nitrogens is 1. The summed E-state index contributed by atoms with van der Waals surface area (Å²) < 4.78 is 14.2. The average Bonchev–Trinajstić information content (AvgIpc) is 3.35. The molecule has 1 amide bonds. The lowest BCUT2D eigenvalue weighted by Gasteiger charge is -2.34. The van der Waals surface area contributed by atoms with Crippen molar-refractivity contribution in [2.45, 2.75) is 12.8 Å². The number of fused-ring (bicyclic) bond motifs is 1. The van der Waals surface area contributed by atoms with Crippen LogP contribution in [0.1, 0.15) is 12.8 Å². The van der Waals surface area contributed by atoms with Crippen molar-refractivity contribution < 1.29 is 9.18 Å². The van der Waals surface area contributed by atoms with E-state index in [1.807, 2.05) is 0 Å². The molecule has 0 radical (unpaired) electrons. The Balaban J connectivity index is 1.27. The van der Waals surface area contributed by atoms with Crippen LogP contribution in [0.3, 0.4) is 0 Å². The number of hydrogen-bond donors (Lipinski definition) is 1. The van der Waals surface area contributed by atoms with E-state index in [0.29, 0.717) is 0 Å². The zero-order valence-corrected chi connectivity index (χ0v) is 14.3. The highest BCUT2D eigenvalue weighted by Gasteiger charge is 2.29. The summed E-state index contributed by atoms with van der Waals surface area (Å²) in [5, 5.41) is 3.99. The molecule has 1 N–H and O–H groups in total. The summed E-state index contributed by atoms with van der Waals surface area (Å²) in [4.78, 5) is 20.9. The lowest BCUT2D eigenvalue weighted by atomic mass is 10.3. The first-order chi connectivity index (χ1) is 11.7. The Labute approximate surface area is 144 Å². The molecule has 4 rings (SSSR count). The monoisotopic (exact) mass is 348 g/mol. The predicted octanol–water partition coefficient (Wildman–Crippen LogP) is 2.08. The van der Waals surface area contributed by atoms with Gasteiger partial charge >= 0.3 is 0 Å². The van der Waals surface area contributed by atoms with Crippen LogP contribution in [-0.4, -0.2) is 55.1 Å². The van der Waals surface area contributed by atoms with E-state index in [1.54, 1.807) is 23.5 Å². The molecular weight excluding hydrogens is 327 g/mol. The second-order valence-electron chi connectivity index (χ2n) is 6.50. The number of halogens is 1. The van der Waals surface area contributed by atoms with E-state index < -0.39 is 0 Å². The van der Waals surface area contributed by atoms with Crippen molar-refractivity contribution in [1.29, 1.82) is 0 Å². The Bertz CT molecular complexity index is 737. The first-order valence-corrected chi connectivity index (χ1v) is 9.32. The molecule has 1 aliphatic carbocycles. The maximum Gasteiger partial charge on any atom is 0.223 e. The largest absolute Gasteiger partial charge is 0.355 e. The molecule has 2 heterocycles. The molecule has 2 aliphatic rings. The molecule has 1 aromatic heterocycles. The summed E-state index contributed by atoms with van der Waals surface area (Å²) >= 11 is 1.55. The van der Waals surface area contributed by atoms with Crippen LogP contribution in [0.25, 0.3) is 10.2 Å². The quantitative estimate of drug-likeness (QED) is 0.899. The number of hydrogen-bond acceptors (Lipinski definition) is 5. The van der Waals surface area contributed by atoms with Gasteiger partial charge in [-0.15, -0.1) is 0 Å². The van der Waals surface area contributed by atoms with Gasteiger partial charge in [-0.3, -0.25) is 9.69 Å². The molecule has 128 valence electrons. The number of anilines is 1. The Morgan fingerprint density at radius 3 is 2.83 bits per heavy atom. The minimum absolute atomic E-state index is 0.212. The minimum atomic E-state index is -0.212. The van der Waals surface area contributed by atoms with Crippen LogP contribution in [0.15, 0.2) is 18.2 Å². The zero-order valence-electron chi connectivity index (χ0n) is 13.5. The summed E-state index contributed by atoms with van der Waals surface area (Å²) in [5.41, 5.74) is 0.863. The van der Waals surface area contributed by atoms with Crippen LogP contribution in [0.5, 0.6) is 0 Å². The molecule has 1 aliphatic heterocycles. The lowest BCUT2D eigenvalue weighted by molar-refractivity contribution is -0.122. The van der Waals surface area contributed by atoms with Crippen LogP contribution in [0, 0.1) is 11.7 Å². The van der Waals surface area contributed by atoms with Crippen molar-refractivity contribution in [1.82, 2.24) is 15.2 Å². The molecule has 2 fully saturated rings. The maximum atomic E-state index is 13.3. The van der Waals surface area contributed by atoms with Gasteiger partial charge < -0.3 is 10.2 Å². The summed E-state index contributed by atoms with van der Waals surface area (Å²) in [6.07, 6.45) is 2.10. The van der Waals surface area contributed by atoms with Gasteiger partial charge in [0.15, 0.2) is 5.13 Å². The Morgan fingerprint density at radius 2 is 2.08 bits per heavy atom. The van der Waals surface area contributed by atoms with Crippen LogP contribution >= 0.6 is 11.3 Å². The van der Waals surface area contributed by atoms with E-state index in [1.165, 1.54) is 6.07 Å². The third kappa shape index (κ3) is 3.52. The van der Waals surface area contributed by atoms with Crippen molar-refractivity contribution in [3.05, 3.63) is 24.0 Å². The fourth-order valence-electron chi connectivity index (χ4n) is 3.01. The fourth-order valence-corrected chi connectivity index (χ4v) is 4.05. The van der Waals surface area contributed by atoms with E-state index in [4.69, 9.17) is 0 Å². The second-order valence-corrected chi connectivity index (χ2v) is 7.51. The number of rotatable bonds is 5. The number of nitrogens with one attached hydrogen (secondary N) is 1. The first-order valence-electron chi connectivity index (χ1n) is 8.50. The molecular formula is C17H21FN4OS. The highest BCUT2D eigenvalue weighted by Crippen LogP contribution is 2.30. The smallest absolute Gasteiger partial charge is 0.223 e. The second kappa shape index (κ2) is 6.64. The van der Waals surface area contributed by atoms with E-state index in [9.17, 15) is 9.18 Å². The molecule has 24 heavy (non-hydrogen) atoms. The number of thiazole rings is 1. The van der Waals surface area contributed by atoms with Crippen LogP contribution < -0.4 is 10.2 Å². The van der Waals surface area contributed by atoms with Crippen molar-refractivity contribution in [2.75, 3.05) is 44.2 Å². The lowest BCUT2D eigenvalue weighted by Crippen LogP contribution is -2.48. The highest BCUT2D eigenvalue weighted by molar-refractivity contribution is 7.22. The van der Waals surface area contributed by atoms with E-state index in [2.05, 4.69) is 20.1 Å². The molecule has 1 saturated carbocycles. The van der Waals surface area contributed by atoms with Crippen molar-refractivity contribution >= 4 is 32.6 Å². The third-order valence-corrected chi connectivity index (χ3v) is 5.74. The van der Waals surface area contributed by atoms with Gasteiger partial charge in [0.2, 0.25) is 5.91 Å². The van der Waals surface area contributed by atoms with E-state index in [0.717, 1.165) is 67.5 Å². The molecule has 7 heteroatoms. The van der Waals surface area contributed by atoms with Gasteiger partial charge in [0.05, 0.1) is 10.2 Å². The van der Waals surface area contributed by atoms with Gasteiger partial charge in [0.25, 0.3) is 0 Å². The fraction of sp³-hybridized carbons (Fsp3) is 0.529. The number of carbonyl (C=O) groups excluding carboxylic acids is 1. The molecule has 0 spiro atoms. The number of piperazine rings is 1. The number of amides is 1. The van der Waals surface area contributed by atoms with Gasteiger partial charge in [-0.1, -0.05) is 11.3 Å². The Kier molecular flexibility index (Phi) is 4.37. The number of carbonyl (C=O) groups is 1. The molecule has 5 nitrogen and oxygen atoms in total. The van der Waals surface area contributed by atoms with Crippen LogP contribution in [0.4, 0.5) is 9.52 Å². The van der Waals surface area contributed by atoms with E-state index >= 15 is 0 Å².